The maximum Gasteiger partial charge on any atom is 0.326 e. The van der Waals surface area contributed by atoms with Crippen LogP contribution in [0.15, 0.2) is 0 Å². The van der Waals surface area contributed by atoms with E-state index in [9.17, 15) is 14.4 Å². The first-order valence-corrected chi connectivity index (χ1v) is 7.09. The Morgan fingerprint density at radius 2 is 2.25 bits per heavy atom. The standard InChI is InChI=1S/C13H21N3O4/c1-2-9(12(18)19)15-13(20)16-6-5-10-8(7-16)3-4-11(17)14-10/h8-10H,2-7H2,1H3,(H,14,17)(H,15,20)(H,18,19)/t8?,9-,10?/m0/s1. The highest BCUT2D eigenvalue weighted by molar-refractivity contribution is 5.82. The maximum atomic E-state index is 12.1. The maximum absolute atomic E-state index is 12.1. The van der Waals surface area contributed by atoms with Gasteiger partial charge in [0.1, 0.15) is 6.04 Å². The third kappa shape index (κ3) is 3.20. The highest BCUT2D eigenvalue weighted by Gasteiger charge is 2.35. The molecule has 20 heavy (non-hydrogen) atoms. The summed E-state index contributed by atoms with van der Waals surface area (Å²) in [5, 5.41) is 14.5. The van der Waals surface area contributed by atoms with Crippen molar-refractivity contribution in [2.75, 3.05) is 13.1 Å². The van der Waals surface area contributed by atoms with E-state index in [4.69, 9.17) is 5.11 Å². The second kappa shape index (κ2) is 6.11. The van der Waals surface area contributed by atoms with Gasteiger partial charge in [0.05, 0.1) is 0 Å². The molecule has 0 aromatic carbocycles. The monoisotopic (exact) mass is 283 g/mol. The summed E-state index contributed by atoms with van der Waals surface area (Å²) < 4.78 is 0. The van der Waals surface area contributed by atoms with Crippen molar-refractivity contribution in [1.82, 2.24) is 15.5 Å². The molecule has 2 saturated heterocycles. The van der Waals surface area contributed by atoms with Crippen LogP contribution in [0.1, 0.15) is 32.6 Å². The molecule has 0 aliphatic carbocycles. The van der Waals surface area contributed by atoms with Crippen molar-refractivity contribution in [3.63, 3.8) is 0 Å². The van der Waals surface area contributed by atoms with Gasteiger partial charge in [0.15, 0.2) is 0 Å². The highest BCUT2D eigenvalue weighted by Crippen LogP contribution is 2.25. The molecule has 2 fully saturated rings. The van der Waals surface area contributed by atoms with E-state index in [1.165, 1.54) is 0 Å². The summed E-state index contributed by atoms with van der Waals surface area (Å²) in [4.78, 5) is 36.0. The predicted molar refractivity (Wildman–Crippen MR) is 71.1 cm³/mol. The number of aliphatic carboxylic acids is 1. The van der Waals surface area contributed by atoms with Crippen LogP contribution in [0, 0.1) is 5.92 Å². The van der Waals surface area contributed by atoms with Gasteiger partial charge in [-0.1, -0.05) is 6.92 Å². The zero-order valence-electron chi connectivity index (χ0n) is 11.6. The molecule has 0 spiro atoms. The number of fused-ring (bicyclic) bond motifs is 1. The van der Waals surface area contributed by atoms with E-state index < -0.39 is 12.0 Å². The predicted octanol–water partition coefficient (Wildman–Crippen LogP) is 0.160. The molecule has 0 aromatic heterocycles. The third-order valence-electron chi connectivity index (χ3n) is 4.11. The molecule has 112 valence electrons. The van der Waals surface area contributed by atoms with Gasteiger partial charge >= 0.3 is 12.0 Å². The zero-order chi connectivity index (χ0) is 14.7. The molecule has 2 aliphatic heterocycles. The number of carbonyl (C=O) groups is 3. The average Bonchev–Trinajstić information content (AvgIpc) is 2.43. The van der Waals surface area contributed by atoms with Crippen LogP contribution in [0.5, 0.6) is 0 Å². The van der Waals surface area contributed by atoms with Gasteiger partial charge in [-0.15, -0.1) is 0 Å². The lowest BCUT2D eigenvalue weighted by atomic mass is 9.85. The first-order chi connectivity index (χ1) is 9.51. The van der Waals surface area contributed by atoms with E-state index in [-0.39, 0.29) is 23.9 Å². The fourth-order valence-corrected chi connectivity index (χ4v) is 2.87. The van der Waals surface area contributed by atoms with Crippen molar-refractivity contribution in [1.29, 1.82) is 0 Å². The van der Waals surface area contributed by atoms with Crippen molar-refractivity contribution in [2.24, 2.45) is 5.92 Å². The van der Waals surface area contributed by atoms with Crippen molar-refractivity contribution in [3.8, 4) is 0 Å². The molecule has 2 heterocycles. The van der Waals surface area contributed by atoms with Crippen molar-refractivity contribution in [2.45, 2.75) is 44.7 Å². The number of urea groups is 1. The number of piperidine rings is 2. The number of carboxylic acid groups (broad SMARTS) is 1. The lowest BCUT2D eigenvalue weighted by Crippen LogP contribution is -2.57. The first-order valence-electron chi connectivity index (χ1n) is 7.09. The molecule has 2 aliphatic rings. The molecule has 0 saturated carbocycles. The molecule has 2 rings (SSSR count). The Balaban J connectivity index is 1.89. The zero-order valence-corrected chi connectivity index (χ0v) is 11.6. The van der Waals surface area contributed by atoms with E-state index in [0.29, 0.717) is 25.9 Å². The minimum atomic E-state index is -1.01. The summed E-state index contributed by atoms with van der Waals surface area (Å²) >= 11 is 0. The number of nitrogens with zero attached hydrogens (tertiary/aromatic N) is 1. The Morgan fingerprint density at radius 1 is 1.50 bits per heavy atom. The fourth-order valence-electron chi connectivity index (χ4n) is 2.87. The van der Waals surface area contributed by atoms with Gasteiger partial charge in [0.25, 0.3) is 0 Å². The normalized spacial score (nSPS) is 27.2. The molecule has 7 nitrogen and oxygen atoms in total. The largest absolute Gasteiger partial charge is 0.480 e. The van der Waals surface area contributed by atoms with Crippen molar-refractivity contribution < 1.29 is 19.5 Å². The Hall–Kier alpha value is -1.79. The molecule has 0 bridgehead atoms. The number of rotatable bonds is 3. The van der Waals surface area contributed by atoms with Crippen LogP contribution in [0.4, 0.5) is 4.79 Å². The van der Waals surface area contributed by atoms with Gasteiger partial charge < -0.3 is 20.6 Å². The SMILES string of the molecule is CC[C@H](NC(=O)N1CCC2NC(=O)CCC2C1)C(=O)O. The Kier molecular flexibility index (Phi) is 4.46. The summed E-state index contributed by atoms with van der Waals surface area (Å²) in [6.07, 6.45) is 2.38. The minimum absolute atomic E-state index is 0.0843. The molecule has 3 amide bonds. The number of nitrogens with one attached hydrogen (secondary N) is 2. The van der Waals surface area contributed by atoms with Crippen LogP contribution in [0.2, 0.25) is 0 Å². The Labute approximate surface area is 117 Å². The van der Waals surface area contributed by atoms with E-state index in [2.05, 4.69) is 10.6 Å². The Morgan fingerprint density at radius 3 is 2.90 bits per heavy atom. The van der Waals surface area contributed by atoms with Gasteiger partial charge in [-0.25, -0.2) is 9.59 Å². The van der Waals surface area contributed by atoms with E-state index in [1.807, 2.05) is 0 Å². The first kappa shape index (κ1) is 14.6. The molecular formula is C13H21N3O4. The van der Waals surface area contributed by atoms with Gasteiger partial charge in [-0.2, -0.15) is 0 Å². The van der Waals surface area contributed by atoms with E-state index in [0.717, 1.165) is 12.8 Å². The molecule has 7 heteroatoms. The summed E-state index contributed by atoms with van der Waals surface area (Å²) in [7, 11) is 0. The quantitative estimate of drug-likeness (QED) is 0.687. The topological polar surface area (TPSA) is 98.7 Å². The molecule has 3 atom stereocenters. The summed E-state index contributed by atoms with van der Waals surface area (Å²) in [6.45, 7) is 2.85. The number of hydrogen-bond donors (Lipinski definition) is 3. The fraction of sp³-hybridized carbons (Fsp3) is 0.769. The highest BCUT2D eigenvalue weighted by atomic mass is 16.4. The molecule has 0 aromatic rings. The van der Waals surface area contributed by atoms with Crippen LogP contribution >= 0.6 is 0 Å². The lowest BCUT2D eigenvalue weighted by Gasteiger charge is -2.41. The summed E-state index contributed by atoms with van der Waals surface area (Å²) in [6, 6.07) is -1.01. The van der Waals surface area contributed by atoms with Crippen molar-refractivity contribution >= 4 is 17.9 Å². The molecule has 3 N–H and O–H groups in total. The number of carboxylic acids is 1. The van der Waals surface area contributed by atoms with Crippen LogP contribution in [0.3, 0.4) is 0 Å². The number of hydrogen-bond acceptors (Lipinski definition) is 3. The molecule has 2 unspecified atom stereocenters. The number of amides is 3. The summed E-state index contributed by atoms with van der Waals surface area (Å²) in [5.74, 6) is -0.654. The van der Waals surface area contributed by atoms with Crippen LogP contribution < -0.4 is 10.6 Å². The van der Waals surface area contributed by atoms with Crippen LogP contribution in [-0.4, -0.2) is 53.1 Å². The molecular weight excluding hydrogens is 262 g/mol. The Bertz CT molecular complexity index is 412. The third-order valence-corrected chi connectivity index (χ3v) is 4.11. The average molecular weight is 283 g/mol. The second-order valence-corrected chi connectivity index (χ2v) is 5.46. The van der Waals surface area contributed by atoms with E-state index in [1.54, 1.807) is 11.8 Å². The number of likely N-dealkylation sites (tertiary alicyclic amines) is 1. The lowest BCUT2D eigenvalue weighted by molar-refractivity contribution is -0.139. The second-order valence-electron chi connectivity index (χ2n) is 5.46. The van der Waals surface area contributed by atoms with Gasteiger partial charge in [-0.3, -0.25) is 4.79 Å². The minimum Gasteiger partial charge on any atom is -0.480 e. The van der Waals surface area contributed by atoms with E-state index >= 15 is 0 Å². The van der Waals surface area contributed by atoms with Gasteiger partial charge in [-0.05, 0) is 25.2 Å². The van der Waals surface area contributed by atoms with Crippen molar-refractivity contribution in [3.05, 3.63) is 0 Å². The smallest absolute Gasteiger partial charge is 0.326 e. The van der Waals surface area contributed by atoms with Gasteiger partial charge in [0.2, 0.25) is 5.91 Å². The summed E-state index contributed by atoms with van der Waals surface area (Å²) in [5.41, 5.74) is 0. The van der Waals surface area contributed by atoms with Gasteiger partial charge in [0, 0.05) is 25.6 Å². The van der Waals surface area contributed by atoms with Crippen LogP contribution in [-0.2, 0) is 9.59 Å². The number of carbonyl (C=O) groups excluding carboxylic acids is 2. The molecule has 0 radical (unpaired) electrons. The van der Waals surface area contributed by atoms with Crippen LogP contribution in [0.25, 0.3) is 0 Å².